The van der Waals surface area contributed by atoms with Gasteiger partial charge >= 0.3 is 12.2 Å². The molecule has 2 N–H and O–H groups in total. The van der Waals surface area contributed by atoms with Gasteiger partial charge < -0.3 is 24.8 Å². The molecule has 2 aliphatic heterocycles. The number of amides is 2. The summed E-state index contributed by atoms with van der Waals surface area (Å²) in [5.41, 5.74) is -0.550. The van der Waals surface area contributed by atoms with Crippen molar-refractivity contribution in [1.29, 1.82) is 0 Å². The molecule has 3 atom stereocenters. The van der Waals surface area contributed by atoms with E-state index in [2.05, 4.69) is 5.32 Å². The van der Waals surface area contributed by atoms with E-state index < -0.39 is 17.8 Å². The van der Waals surface area contributed by atoms with Gasteiger partial charge in [0.2, 0.25) is 0 Å². The van der Waals surface area contributed by atoms with Crippen molar-refractivity contribution >= 4 is 12.2 Å². The summed E-state index contributed by atoms with van der Waals surface area (Å²) in [5.74, 6) is 0. The average molecular weight is 272 g/mol. The smallest absolute Gasteiger partial charge is 0.407 e. The Balaban J connectivity index is 1.90. The predicted molar refractivity (Wildman–Crippen MR) is 66.0 cm³/mol. The van der Waals surface area contributed by atoms with Crippen molar-refractivity contribution in [2.75, 3.05) is 13.1 Å². The third kappa shape index (κ3) is 3.50. The van der Waals surface area contributed by atoms with Gasteiger partial charge in [-0.3, -0.25) is 0 Å². The molecule has 7 nitrogen and oxygen atoms in total. The number of hydrogen-bond donors (Lipinski definition) is 2. The second kappa shape index (κ2) is 4.88. The Hall–Kier alpha value is -1.50. The molecule has 0 aromatic heterocycles. The number of carboxylic acid groups (broad SMARTS) is 1. The molecular weight excluding hydrogens is 252 g/mol. The summed E-state index contributed by atoms with van der Waals surface area (Å²) < 4.78 is 10.8. The van der Waals surface area contributed by atoms with Crippen molar-refractivity contribution < 1.29 is 24.2 Å². The Bertz CT molecular complexity index is 379. The number of likely N-dealkylation sites (tertiary alicyclic amines) is 1. The molecule has 0 aromatic rings. The number of ether oxygens (including phenoxy) is 2. The minimum atomic E-state index is -0.948. The molecule has 108 valence electrons. The van der Waals surface area contributed by atoms with Gasteiger partial charge in [0.25, 0.3) is 0 Å². The van der Waals surface area contributed by atoms with Crippen molar-refractivity contribution in [2.24, 2.45) is 0 Å². The maximum Gasteiger partial charge on any atom is 0.407 e. The molecule has 2 rings (SSSR count). The van der Waals surface area contributed by atoms with E-state index in [4.69, 9.17) is 14.6 Å². The highest BCUT2D eigenvalue weighted by Crippen LogP contribution is 2.27. The Morgan fingerprint density at radius 1 is 1.37 bits per heavy atom. The average Bonchev–Trinajstić information content (AvgIpc) is 2.50. The van der Waals surface area contributed by atoms with Crippen molar-refractivity contribution in [1.82, 2.24) is 10.2 Å². The van der Waals surface area contributed by atoms with Crippen molar-refractivity contribution in [3.63, 3.8) is 0 Å². The maximum atomic E-state index is 11.7. The van der Waals surface area contributed by atoms with Gasteiger partial charge in [-0.15, -0.1) is 0 Å². The molecule has 2 saturated heterocycles. The highest BCUT2D eigenvalue weighted by Gasteiger charge is 2.43. The Morgan fingerprint density at radius 3 is 2.63 bits per heavy atom. The van der Waals surface area contributed by atoms with E-state index in [1.54, 1.807) is 20.8 Å². The first-order chi connectivity index (χ1) is 8.74. The molecular formula is C12H20N2O5. The van der Waals surface area contributed by atoms with Crippen LogP contribution in [-0.4, -0.2) is 59.1 Å². The minimum Gasteiger partial charge on any atom is -0.465 e. The van der Waals surface area contributed by atoms with Crippen LogP contribution < -0.4 is 5.32 Å². The number of fused-ring (bicyclic) bond motifs is 2. The van der Waals surface area contributed by atoms with Gasteiger partial charge in [-0.25, -0.2) is 9.59 Å². The molecule has 7 heteroatoms. The molecule has 0 aliphatic carbocycles. The molecule has 2 amide bonds. The number of carbonyl (C=O) groups excluding carboxylic acids is 1. The Morgan fingerprint density at radius 2 is 2.05 bits per heavy atom. The highest BCUT2D eigenvalue weighted by atomic mass is 16.6. The number of nitrogens with one attached hydrogen (secondary N) is 1. The lowest BCUT2D eigenvalue weighted by molar-refractivity contribution is -0.0360. The van der Waals surface area contributed by atoms with Crippen LogP contribution in [0.25, 0.3) is 0 Å². The number of carbonyl (C=O) groups is 2. The van der Waals surface area contributed by atoms with Gasteiger partial charge in [0.1, 0.15) is 5.60 Å². The first-order valence-corrected chi connectivity index (χ1v) is 6.37. The lowest BCUT2D eigenvalue weighted by Gasteiger charge is -2.31. The summed E-state index contributed by atoms with van der Waals surface area (Å²) in [7, 11) is 0. The molecule has 2 aliphatic rings. The zero-order chi connectivity index (χ0) is 14.2. The van der Waals surface area contributed by atoms with Crippen molar-refractivity contribution in [3.8, 4) is 0 Å². The Labute approximate surface area is 111 Å². The van der Waals surface area contributed by atoms with Gasteiger partial charge in [-0.1, -0.05) is 0 Å². The minimum absolute atomic E-state index is 0.144. The van der Waals surface area contributed by atoms with E-state index in [0.29, 0.717) is 13.0 Å². The monoisotopic (exact) mass is 272 g/mol. The SMILES string of the molecule is CC(C)(C)OC(=O)NC1CC2CN(C(=O)O)CC1O2. The van der Waals surface area contributed by atoms with Crippen LogP contribution in [0.1, 0.15) is 27.2 Å². The topological polar surface area (TPSA) is 88.1 Å². The number of morpholine rings is 1. The predicted octanol–water partition coefficient (Wildman–Crippen LogP) is 1.03. The summed E-state index contributed by atoms with van der Waals surface area (Å²) >= 11 is 0. The van der Waals surface area contributed by atoms with Crippen LogP contribution >= 0.6 is 0 Å². The molecule has 3 unspecified atom stereocenters. The van der Waals surface area contributed by atoms with Crippen LogP contribution in [0, 0.1) is 0 Å². The fourth-order valence-electron chi connectivity index (χ4n) is 2.42. The lowest BCUT2D eigenvalue weighted by Crippen LogP contribution is -2.50. The quantitative estimate of drug-likeness (QED) is 0.744. The molecule has 0 saturated carbocycles. The lowest BCUT2D eigenvalue weighted by atomic mass is 10.1. The highest BCUT2D eigenvalue weighted by molar-refractivity contribution is 5.68. The summed E-state index contributed by atoms with van der Waals surface area (Å²) in [6.07, 6.45) is -1.25. The van der Waals surface area contributed by atoms with Crippen LogP contribution in [0.4, 0.5) is 9.59 Å². The summed E-state index contributed by atoms with van der Waals surface area (Å²) in [6, 6.07) is -0.191. The van der Waals surface area contributed by atoms with Gasteiger partial charge in [-0.2, -0.15) is 0 Å². The van der Waals surface area contributed by atoms with Crippen LogP contribution in [0.5, 0.6) is 0 Å². The van der Waals surface area contributed by atoms with E-state index in [1.165, 1.54) is 4.90 Å². The summed E-state index contributed by atoms with van der Waals surface area (Å²) in [4.78, 5) is 24.0. The molecule has 19 heavy (non-hydrogen) atoms. The van der Waals surface area contributed by atoms with E-state index in [-0.39, 0.29) is 24.8 Å². The summed E-state index contributed by atoms with van der Waals surface area (Å²) in [5, 5.41) is 11.7. The van der Waals surface area contributed by atoms with E-state index in [0.717, 1.165) is 0 Å². The zero-order valence-electron chi connectivity index (χ0n) is 11.4. The molecule has 2 heterocycles. The van der Waals surface area contributed by atoms with Crippen LogP contribution in [0.3, 0.4) is 0 Å². The maximum absolute atomic E-state index is 11.7. The summed E-state index contributed by atoms with van der Waals surface area (Å²) in [6.45, 7) is 6.03. The number of nitrogens with zero attached hydrogens (tertiary/aromatic N) is 1. The molecule has 2 fully saturated rings. The van der Waals surface area contributed by atoms with E-state index in [9.17, 15) is 9.59 Å². The van der Waals surface area contributed by atoms with Crippen LogP contribution in [0.2, 0.25) is 0 Å². The second-order valence-corrected chi connectivity index (χ2v) is 5.97. The first-order valence-electron chi connectivity index (χ1n) is 6.37. The van der Waals surface area contributed by atoms with Crippen LogP contribution in [0.15, 0.2) is 0 Å². The van der Waals surface area contributed by atoms with Crippen molar-refractivity contribution in [3.05, 3.63) is 0 Å². The number of alkyl carbamates (subject to hydrolysis) is 1. The van der Waals surface area contributed by atoms with Crippen molar-refractivity contribution in [2.45, 2.75) is 51.0 Å². The van der Waals surface area contributed by atoms with Crippen LogP contribution in [-0.2, 0) is 9.47 Å². The third-order valence-corrected chi connectivity index (χ3v) is 3.13. The van der Waals surface area contributed by atoms with Gasteiger partial charge in [0, 0.05) is 0 Å². The van der Waals surface area contributed by atoms with E-state index >= 15 is 0 Å². The number of hydrogen-bond acceptors (Lipinski definition) is 4. The van der Waals surface area contributed by atoms with Gasteiger partial charge in [0.15, 0.2) is 0 Å². The molecule has 0 radical (unpaired) electrons. The van der Waals surface area contributed by atoms with E-state index in [1.807, 2.05) is 0 Å². The standard InChI is InChI=1S/C12H20N2O5/c1-12(2,3)19-10(15)13-8-4-7-5-14(11(16)17)6-9(8)18-7/h7-9H,4-6H2,1-3H3,(H,13,15)(H,16,17). The van der Waals surface area contributed by atoms with Gasteiger partial charge in [0.05, 0.1) is 31.3 Å². The largest absolute Gasteiger partial charge is 0.465 e. The second-order valence-electron chi connectivity index (χ2n) is 5.97. The molecule has 0 aromatic carbocycles. The van der Waals surface area contributed by atoms with Gasteiger partial charge in [-0.05, 0) is 27.2 Å². The third-order valence-electron chi connectivity index (χ3n) is 3.13. The normalized spacial score (nSPS) is 30.1. The number of rotatable bonds is 1. The Kier molecular flexibility index (Phi) is 3.58. The fourth-order valence-corrected chi connectivity index (χ4v) is 2.42. The molecule has 0 spiro atoms. The molecule has 2 bridgehead atoms. The fraction of sp³-hybridized carbons (Fsp3) is 0.833. The zero-order valence-corrected chi connectivity index (χ0v) is 11.4. The first kappa shape index (κ1) is 13.9.